The first-order valence-electron chi connectivity index (χ1n) is 10.5. The average Bonchev–Trinajstić information content (AvgIpc) is 3.50. The number of para-hydroxylation sites is 2. The predicted molar refractivity (Wildman–Crippen MR) is 115 cm³/mol. The first kappa shape index (κ1) is 19.5. The van der Waals surface area contributed by atoms with Crippen LogP contribution in [0.4, 0.5) is 0 Å². The zero-order chi connectivity index (χ0) is 20.4. The molecule has 1 aliphatic carbocycles. The van der Waals surface area contributed by atoms with Crippen LogP contribution >= 0.6 is 0 Å². The molecule has 5 nitrogen and oxygen atoms in total. The van der Waals surface area contributed by atoms with Crippen molar-refractivity contribution in [3.8, 4) is 5.75 Å². The van der Waals surface area contributed by atoms with Gasteiger partial charge in [-0.05, 0) is 69.4 Å². The van der Waals surface area contributed by atoms with Crippen molar-refractivity contribution in [3.05, 3.63) is 59.4 Å². The highest BCUT2D eigenvalue weighted by atomic mass is 16.5. The second-order valence-corrected chi connectivity index (χ2v) is 8.01. The third-order valence-corrected chi connectivity index (χ3v) is 5.72. The van der Waals surface area contributed by atoms with E-state index in [0.29, 0.717) is 6.61 Å². The monoisotopic (exact) mass is 391 g/mol. The van der Waals surface area contributed by atoms with Crippen LogP contribution in [0.5, 0.6) is 5.75 Å². The molecule has 1 amide bonds. The first-order valence-corrected chi connectivity index (χ1v) is 10.5. The summed E-state index contributed by atoms with van der Waals surface area (Å²) in [6.07, 6.45) is 2.87. The Morgan fingerprint density at radius 3 is 2.79 bits per heavy atom. The number of hydrogen-bond donors (Lipinski definition) is 1. The summed E-state index contributed by atoms with van der Waals surface area (Å²) < 4.78 is 8.25. The Hall–Kier alpha value is -2.82. The highest BCUT2D eigenvalue weighted by molar-refractivity contribution is 5.81. The maximum absolute atomic E-state index is 12.2. The van der Waals surface area contributed by atoms with Crippen molar-refractivity contribution < 1.29 is 9.53 Å². The molecule has 1 heterocycles. The molecule has 0 bridgehead atoms. The van der Waals surface area contributed by atoms with Gasteiger partial charge in [0.1, 0.15) is 11.6 Å². The predicted octanol–water partition coefficient (Wildman–Crippen LogP) is 4.71. The molecule has 1 atom stereocenters. The summed E-state index contributed by atoms with van der Waals surface area (Å²) in [7, 11) is 0. The third-order valence-electron chi connectivity index (χ3n) is 5.72. The molecule has 1 fully saturated rings. The van der Waals surface area contributed by atoms with E-state index in [4.69, 9.17) is 9.72 Å². The van der Waals surface area contributed by atoms with Gasteiger partial charge in [0.05, 0.1) is 23.7 Å². The van der Waals surface area contributed by atoms with E-state index in [9.17, 15) is 4.79 Å². The number of rotatable bonds is 8. The van der Waals surface area contributed by atoms with Crippen LogP contribution in [0, 0.1) is 19.8 Å². The lowest BCUT2D eigenvalue weighted by Crippen LogP contribution is -2.30. The van der Waals surface area contributed by atoms with Crippen LogP contribution in [0.3, 0.4) is 0 Å². The molecule has 1 aliphatic rings. The summed E-state index contributed by atoms with van der Waals surface area (Å²) in [5.74, 6) is 2.20. The van der Waals surface area contributed by atoms with Crippen molar-refractivity contribution in [2.45, 2.75) is 52.6 Å². The van der Waals surface area contributed by atoms with Crippen molar-refractivity contribution in [2.75, 3.05) is 6.61 Å². The highest BCUT2D eigenvalue weighted by Crippen LogP contribution is 2.30. The second-order valence-electron chi connectivity index (χ2n) is 8.01. The van der Waals surface area contributed by atoms with Crippen LogP contribution in [0.2, 0.25) is 0 Å². The smallest absolute Gasteiger partial charge is 0.223 e. The molecule has 1 aromatic heterocycles. The fraction of sp³-hybridized carbons (Fsp3) is 0.417. The molecule has 0 saturated heterocycles. The second kappa shape index (κ2) is 8.27. The van der Waals surface area contributed by atoms with Gasteiger partial charge in [0.15, 0.2) is 0 Å². The molecule has 1 N–H and O–H groups in total. The number of nitrogens with zero attached hydrogens (tertiary/aromatic N) is 2. The van der Waals surface area contributed by atoms with Gasteiger partial charge < -0.3 is 14.6 Å². The van der Waals surface area contributed by atoms with Gasteiger partial charge in [0.25, 0.3) is 0 Å². The van der Waals surface area contributed by atoms with Crippen LogP contribution in [0.25, 0.3) is 11.0 Å². The Bertz CT molecular complexity index is 1020. The van der Waals surface area contributed by atoms with E-state index in [0.717, 1.165) is 48.4 Å². The van der Waals surface area contributed by atoms with Gasteiger partial charge in [-0.15, -0.1) is 0 Å². The Morgan fingerprint density at radius 2 is 2.00 bits per heavy atom. The first-order chi connectivity index (χ1) is 14.0. The van der Waals surface area contributed by atoms with Crippen molar-refractivity contribution in [2.24, 2.45) is 5.92 Å². The summed E-state index contributed by atoms with van der Waals surface area (Å²) in [6.45, 7) is 7.65. The normalized spacial score (nSPS) is 14.7. The van der Waals surface area contributed by atoms with Gasteiger partial charge >= 0.3 is 0 Å². The molecule has 29 heavy (non-hydrogen) atoms. The van der Waals surface area contributed by atoms with Crippen molar-refractivity contribution >= 4 is 16.9 Å². The maximum atomic E-state index is 12.2. The topological polar surface area (TPSA) is 56.1 Å². The van der Waals surface area contributed by atoms with Gasteiger partial charge in [-0.2, -0.15) is 0 Å². The number of aryl methyl sites for hydroxylation is 2. The van der Waals surface area contributed by atoms with Crippen LogP contribution in [0.1, 0.15) is 49.2 Å². The number of imidazole rings is 1. The van der Waals surface area contributed by atoms with Crippen molar-refractivity contribution in [3.63, 3.8) is 0 Å². The Kier molecular flexibility index (Phi) is 5.56. The molecule has 0 radical (unpaired) electrons. The molecule has 0 aliphatic heterocycles. The van der Waals surface area contributed by atoms with Gasteiger partial charge in [-0.1, -0.05) is 24.3 Å². The zero-order valence-electron chi connectivity index (χ0n) is 17.4. The van der Waals surface area contributed by atoms with Gasteiger partial charge in [-0.25, -0.2) is 4.98 Å². The number of fused-ring (bicyclic) bond motifs is 1. The largest absolute Gasteiger partial charge is 0.493 e. The van der Waals surface area contributed by atoms with E-state index >= 15 is 0 Å². The maximum Gasteiger partial charge on any atom is 0.223 e. The van der Waals surface area contributed by atoms with E-state index in [-0.39, 0.29) is 17.9 Å². The number of nitrogens with one attached hydrogen (secondary N) is 1. The number of hydrogen-bond acceptors (Lipinski definition) is 3. The minimum absolute atomic E-state index is 0.115. The molecule has 1 unspecified atom stereocenters. The van der Waals surface area contributed by atoms with Gasteiger partial charge in [-0.3, -0.25) is 4.79 Å². The molecule has 0 spiro atoms. The SMILES string of the molecule is Cc1cccc(OCCCn2c(C(C)NC(=O)C3CC3)nc3ccccc32)c1C. The van der Waals surface area contributed by atoms with Crippen LogP contribution in [-0.2, 0) is 11.3 Å². The standard InChI is InChI=1S/C24H29N3O2/c1-16-8-6-11-22(17(16)2)29-15-7-14-27-21-10-5-4-9-20(21)26-23(27)18(3)25-24(28)19-12-13-19/h4-6,8-11,18-19H,7,12-15H2,1-3H3,(H,25,28). The quantitative estimate of drug-likeness (QED) is 0.566. The summed E-state index contributed by atoms with van der Waals surface area (Å²) in [4.78, 5) is 17.0. The average molecular weight is 392 g/mol. The highest BCUT2D eigenvalue weighted by Gasteiger charge is 2.31. The molecule has 152 valence electrons. The number of aromatic nitrogens is 2. The lowest BCUT2D eigenvalue weighted by atomic mass is 10.1. The Balaban J connectivity index is 1.46. The van der Waals surface area contributed by atoms with Gasteiger partial charge in [0.2, 0.25) is 5.91 Å². The van der Waals surface area contributed by atoms with Gasteiger partial charge in [0, 0.05) is 12.5 Å². The zero-order valence-corrected chi connectivity index (χ0v) is 17.4. The van der Waals surface area contributed by atoms with E-state index in [2.05, 4.69) is 35.9 Å². The van der Waals surface area contributed by atoms with E-state index < -0.39 is 0 Å². The molecule has 5 heteroatoms. The van der Waals surface area contributed by atoms with Crippen molar-refractivity contribution in [1.82, 2.24) is 14.9 Å². The Labute approximate surface area is 172 Å². The van der Waals surface area contributed by atoms with E-state index in [1.54, 1.807) is 0 Å². The lowest BCUT2D eigenvalue weighted by Gasteiger charge is -2.17. The summed E-state index contributed by atoms with van der Waals surface area (Å²) >= 11 is 0. The van der Waals surface area contributed by atoms with Crippen LogP contribution in [0.15, 0.2) is 42.5 Å². The van der Waals surface area contributed by atoms with E-state index in [1.807, 2.05) is 37.3 Å². The fourth-order valence-electron chi connectivity index (χ4n) is 3.69. The summed E-state index contributed by atoms with van der Waals surface area (Å²) in [5, 5.41) is 3.14. The number of carbonyl (C=O) groups excluding carboxylic acids is 1. The number of ether oxygens (including phenoxy) is 1. The Morgan fingerprint density at radius 1 is 1.21 bits per heavy atom. The lowest BCUT2D eigenvalue weighted by molar-refractivity contribution is -0.123. The van der Waals surface area contributed by atoms with Crippen LogP contribution < -0.4 is 10.1 Å². The third kappa shape index (κ3) is 4.29. The molecule has 4 rings (SSSR count). The minimum Gasteiger partial charge on any atom is -0.493 e. The van der Waals surface area contributed by atoms with Crippen molar-refractivity contribution in [1.29, 1.82) is 0 Å². The number of carbonyl (C=O) groups is 1. The van der Waals surface area contributed by atoms with Crippen LogP contribution in [-0.4, -0.2) is 22.1 Å². The summed E-state index contributed by atoms with van der Waals surface area (Å²) in [5.41, 5.74) is 4.50. The summed E-state index contributed by atoms with van der Waals surface area (Å²) in [6, 6.07) is 14.2. The molecule has 1 saturated carbocycles. The molecule has 3 aromatic rings. The molecule has 2 aromatic carbocycles. The fourth-order valence-corrected chi connectivity index (χ4v) is 3.69. The number of benzene rings is 2. The minimum atomic E-state index is -0.115. The molecular formula is C24H29N3O2. The van der Waals surface area contributed by atoms with E-state index in [1.165, 1.54) is 11.1 Å². The number of amides is 1. The molecular weight excluding hydrogens is 362 g/mol.